The van der Waals surface area contributed by atoms with Crippen molar-refractivity contribution in [3.63, 3.8) is 0 Å². The van der Waals surface area contributed by atoms with E-state index in [0.29, 0.717) is 12.8 Å². The van der Waals surface area contributed by atoms with Crippen molar-refractivity contribution in [1.29, 1.82) is 0 Å². The van der Waals surface area contributed by atoms with Crippen LogP contribution < -0.4 is 5.32 Å². The lowest BCUT2D eigenvalue weighted by atomic mass is 9.96. The van der Waals surface area contributed by atoms with Crippen LogP contribution in [0.4, 0.5) is 0 Å². The van der Waals surface area contributed by atoms with Crippen LogP contribution in [0, 0.1) is 0 Å². The van der Waals surface area contributed by atoms with Crippen LogP contribution in [-0.2, 0) is 33.2 Å². The lowest BCUT2D eigenvalue weighted by molar-refractivity contribution is -0.379. The van der Waals surface area contributed by atoms with Gasteiger partial charge in [0.2, 0.25) is 5.91 Å². The molecule has 0 aromatic rings. The van der Waals surface area contributed by atoms with E-state index in [1.165, 1.54) is 238 Å². The van der Waals surface area contributed by atoms with E-state index in [1.807, 2.05) is 6.08 Å². The molecule has 1 amide bonds. The standard InChI is InChI=1S/C77H143NO18/c1-3-5-7-9-11-13-15-17-19-21-23-25-27-29-30-31-32-34-36-38-40-42-44-46-48-50-52-54-61(82)60(78-65(83)55-53-51-49-47-45-43-41-39-37-35-33-28-26-24-22-20-18-16-14-12-10-8-6-4-2)59-91-75-71(89)68(86)73(63(57-80)93-75)96-77-72(90)69(87)74(64(58-81)94-77)95-76-70(88)67(85)66(84)62(56-79)92-76/h36,38,44,46,52,54,60-64,66-77,79-82,84-90H,3-35,37,39-43,45,47-51,53,55-59H2,1-2H3,(H,78,83)/b38-36+,46-44+,54-52+. The first-order chi connectivity index (χ1) is 46.8. The van der Waals surface area contributed by atoms with Crippen molar-refractivity contribution in [1.82, 2.24) is 5.32 Å². The minimum atomic E-state index is -1.98. The van der Waals surface area contributed by atoms with Gasteiger partial charge in [-0.2, -0.15) is 0 Å². The van der Waals surface area contributed by atoms with Crippen molar-refractivity contribution >= 4 is 5.91 Å². The van der Waals surface area contributed by atoms with E-state index in [9.17, 15) is 61.0 Å². The zero-order valence-electron chi connectivity index (χ0n) is 60.1. The normalized spacial score (nSPS) is 27.2. The van der Waals surface area contributed by atoms with Gasteiger partial charge in [0.1, 0.15) is 73.2 Å². The van der Waals surface area contributed by atoms with E-state index < -0.39 is 124 Å². The Hall–Kier alpha value is -1.99. The predicted molar refractivity (Wildman–Crippen MR) is 379 cm³/mol. The molecule has 0 saturated carbocycles. The van der Waals surface area contributed by atoms with Gasteiger partial charge in [0.05, 0.1) is 38.6 Å². The Labute approximate surface area is 581 Å². The number of amides is 1. The largest absolute Gasteiger partial charge is 0.394 e. The Kier molecular flexibility index (Phi) is 53.8. The third-order valence-corrected chi connectivity index (χ3v) is 19.7. The number of aliphatic hydroxyl groups is 11. The third-order valence-electron chi connectivity index (χ3n) is 19.7. The van der Waals surface area contributed by atoms with E-state index >= 15 is 0 Å². The van der Waals surface area contributed by atoms with E-state index in [4.69, 9.17) is 28.4 Å². The summed E-state index contributed by atoms with van der Waals surface area (Å²) in [5.74, 6) is -0.283. The number of unbranched alkanes of at least 4 members (excludes halogenated alkanes) is 42. The molecule has 0 aromatic carbocycles. The number of aliphatic hydroxyl groups excluding tert-OH is 11. The van der Waals surface area contributed by atoms with Crippen LogP contribution in [0.15, 0.2) is 36.5 Å². The SMILES string of the molecule is CCCCCCCCCCCCCCCCCCC/C=C/CC/C=C/CC/C=C/C(O)C(COC1OC(CO)C(OC2OC(CO)C(OC3OC(CO)C(O)C(O)C3O)C(O)C2O)C(O)C1O)NC(=O)CCCCCCCCCCCCCCCCCCCCCCCCCC. The summed E-state index contributed by atoms with van der Waals surface area (Å²) in [7, 11) is 0. The molecule has 3 saturated heterocycles. The van der Waals surface area contributed by atoms with E-state index in [2.05, 4.69) is 43.5 Å². The Morgan fingerprint density at radius 2 is 0.667 bits per heavy atom. The van der Waals surface area contributed by atoms with Gasteiger partial charge in [0.25, 0.3) is 0 Å². The molecule has 96 heavy (non-hydrogen) atoms. The summed E-state index contributed by atoms with van der Waals surface area (Å²) >= 11 is 0. The number of hydrogen-bond acceptors (Lipinski definition) is 18. The number of carbonyl (C=O) groups excluding carboxylic acids is 1. The molecular formula is C77H143NO18. The molecule has 3 fully saturated rings. The molecule has 0 aromatic heterocycles. The van der Waals surface area contributed by atoms with Gasteiger partial charge in [-0.3, -0.25) is 4.79 Å². The highest BCUT2D eigenvalue weighted by Crippen LogP contribution is 2.33. The van der Waals surface area contributed by atoms with Gasteiger partial charge in [-0.05, 0) is 44.9 Å². The summed E-state index contributed by atoms with van der Waals surface area (Å²) < 4.78 is 34.4. The summed E-state index contributed by atoms with van der Waals surface area (Å²) in [6.45, 7) is 1.76. The Morgan fingerprint density at radius 1 is 0.365 bits per heavy atom. The highest BCUT2D eigenvalue weighted by atomic mass is 16.8. The quantitative estimate of drug-likeness (QED) is 0.0199. The number of ether oxygens (including phenoxy) is 6. The number of rotatable bonds is 62. The Balaban J connectivity index is 1.41. The molecule has 3 rings (SSSR count). The van der Waals surface area contributed by atoms with Crippen molar-refractivity contribution < 1.29 is 89.4 Å². The van der Waals surface area contributed by atoms with Crippen LogP contribution in [0.5, 0.6) is 0 Å². The smallest absolute Gasteiger partial charge is 0.220 e. The monoisotopic (exact) mass is 1370 g/mol. The van der Waals surface area contributed by atoms with E-state index in [-0.39, 0.29) is 18.9 Å². The molecule has 19 nitrogen and oxygen atoms in total. The number of carbonyl (C=O) groups is 1. The van der Waals surface area contributed by atoms with Crippen LogP contribution in [0.25, 0.3) is 0 Å². The third kappa shape index (κ3) is 38.9. The highest BCUT2D eigenvalue weighted by molar-refractivity contribution is 5.76. The maximum absolute atomic E-state index is 13.5. The molecule has 0 radical (unpaired) electrons. The van der Waals surface area contributed by atoms with Gasteiger partial charge in [-0.1, -0.05) is 301 Å². The number of nitrogens with one attached hydrogen (secondary N) is 1. The molecule has 3 heterocycles. The van der Waals surface area contributed by atoms with Gasteiger partial charge in [-0.15, -0.1) is 0 Å². The van der Waals surface area contributed by atoms with Gasteiger partial charge >= 0.3 is 0 Å². The van der Waals surface area contributed by atoms with Crippen LogP contribution in [0.2, 0.25) is 0 Å². The zero-order valence-corrected chi connectivity index (χ0v) is 60.1. The first kappa shape index (κ1) is 88.2. The minimum absolute atomic E-state index is 0.236. The van der Waals surface area contributed by atoms with Gasteiger partial charge in [0, 0.05) is 6.42 Å². The van der Waals surface area contributed by atoms with E-state index in [0.717, 1.165) is 44.9 Å². The Bertz CT molecular complexity index is 1880. The second-order valence-electron chi connectivity index (χ2n) is 28.2. The lowest BCUT2D eigenvalue weighted by Crippen LogP contribution is -2.66. The maximum atomic E-state index is 13.5. The molecule has 0 bridgehead atoms. The molecular weight excluding hydrogens is 1230 g/mol. The zero-order chi connectivity index (χ0) is 69.6. The molecule has 3 aliphatic rings. The van der Waals surface area contributed by atoms with Crippen molar-refractivity contribution in [3.05, 3.63) is 36.5 Å². The van der Waals surface area contributed by atoms with Gasteiger partial charge in [0.15, 0.2) is 18.9 Å². The molecule has 0 spiro atoms. The fraction of sp³-hybridized carbons (Fsp3) is 0.909. The Morgan fingerprint density at radius 3 is 1.04 bits per heavy atom. The summed E-state index contributed by atoms with van der Waals surface area (Å²) in [5, 5.41) is 121. The minimum Gasteiger partial charge on any atom is -0.394 e. The van der Waals surface area contributed by atoms with Gasteiger partial charge < -0.3 is 89.9 Å². The van der Waals surface area contributed by atoms with Crippen LogP contribution in [0.1, 0.15) is 316 Å². The molecule has 12 N–H and O–H groups in total. The van der Waals surface area contributed by atoms with Crippen molar-refractivity contribution in [3.8, 4) is 0 Å². The van der Waals surface area contributed by atoms with Crippen molar-refractivity contribution in [2.45, 2.75) is 420 Å². The first-order valence-electron chi connectivity index (χ1n) is 39.2. The average Bonchev–Trinajstić information content (AvgIpc) is 0.798. The van der Waals surface area contributed by atoms with Crippen LogP contribution >= 0.6 is 0 Å². The predicted octanol–water partition coefficient (Wildman–Crippen LogP) is 12.3. The summed E-state index contributed by atoms with van der Waals surface area (Å²) in [6.07, 6.45) is 44.2. The molecule has 564 valence electrons. The lowest BCUT2D eigenvalue weighted by Gasteiger charge is -2.48. The fourth-order valence-electron chi connectivity index (χ4n) is 13.3. The first-order valence-corrected chi connectivity index (χ1v) is 39.2. The van der Waals surface area contributed by atoms with Gasteiger partial charge in [-0.25, -0.2) is 0 Å². The second kappa shape index (κ2) is 58.5. The summed E-state index contributed by atoms with van der Waals surface area (Å²) in [5.41, 5.74) is 0. The van der Waals surface area contributed by atoms with E-state index in [1.54, 1.807) is 6.08 Å². The highest BCUT2D eigenvalue weighted by Gasteiger charge is 2.53. The topological polar surface area (TPSA) is 307 Å². The molecule has 3 aliphatic heterocycles. The fourth-order valence-corrected chi connectivity index (χ4v) is 13.3. The average molecular weight is 1370 g/mol. The number of hydrogen-bond donors (Lipinski definition) is 12. The number of allylic oxidation sites excluding steroid dienone is 5. The van der Waals surface area contributed by atoms with Crippen molar-refractivity contribution in [2.24, 2.45) is 0 Å². The maximum Gasteiger partial charge on any atom is 0.220 e. The second-order valence-corrected chi connectivity index (χ2v) is 28.2. The summed E-state index contributed by atoms with van der Waals surface area (Å²) in [6, 6.07) is -0.996. The van der Waals surface area contributed by atoms with Crippen molar-refractivity contribution in [2.75, 3.05) is 26.4 Å². The summed E-state index contributed by atoms with van der Waals surface area (Å²) in [4.78, 5) is 13.5. The molecule has 19 heteroatoms. The van der Waals surface area contributed by atoms with Crippen LogP contribution in [0.3, 0.4) is 0 Å². The molecule has 17 unspecified atom stereocenters. The molecule has 0 aliphatic carbocycles. The molecule has 17 atom stereocenters. The van der Waals surface area contributed by atoms with Crippen LogP contribution in [-0.4, -0.2) is 193 Å².